The van der Waals surface area contributed by atoms with Crippen LogP contribution in [0.2, 0.25) is 0 Å². The van der Waals surface area contributed by atoms with Gasteiger partial charge >= 0.3 is 0 Å². The van der Waals surface area contributed by atoms with Crippen molar-refractivity contribution in [2.75, 3.05) is 31.6 Å². The summed E-state index contributed by atoms with van der Waals surface area (Å²) >= 11 is 3.37. The molecular formula is C11H16BrNO. The van der Waals surface area contributed by atoms with E-state index in [2.05, 4.69) is 39.6 Å². The van der Waals surface area contributed by atoms with Crippen LogP contribution in [0.25, 0.3) is 0 Å². The summed E-state index contributed by atoms with van der Waals surface area (Å²) in [6.45, 7) is 7.28. The number of morpholine rings is 1. The standard InChI is InChI=1S/C11H16BrNO/c1-2-4-11(5-3-6-12)13-7-9-14-10-8-13/h2-5H,1,6-10H2/b5-3-,11-4+. The van der Waals surface area contributed by atoms with Crippen LogP contribution in [-0.4, -0.2) is 36.5 Å². The second-order valence-corrected chi connectivity index (χ2v) is 3.63. The topological polar surface area (TPSA) is 12.5 Å². The average Bonchev–Trinajstić information content (AvgIpc) is 2.25. The first-order valence-corrected chi connectivity index (χ1v) is 5.88. The van der Waals surface area contributed by atoms with Crippen LogP contribution in [-0.2, 0) is 4.74 Å². The summed E-state index contributed by atoms with van der Waals surface area (Å²) in [6.07, 6.45) is 8.06. The van der Waals surface area contributed by atoms with Gasteiger partial charge in [-0.2, -0.15) is 0 Å². The van der Waals surface area contributed by atoms with E-state index in [1.807, 2.05) is 12.2 Å². The Hall–Kier alpha value is -0.540. The Morgan fingerprint density at radius 2 is 2.14 bits per heavy atom. The summed E-state index contributed by atoms with van der Waals surface area (Å²) in [6, 6.07) is 0. The molecule has 2 nitrogen and oxygen atoms in total. The summed E-state index contributed by atoms with van der Waals surface area (Å²) in [7, 11) is 0. The van der Waals surface area contributed by atoms with Crippen LogP contribution in [0.5, 0.6) is 0 Å². The van der Waals surface area contributed by atoms with E-state index < -0.39 is 0 Å². The fourth-order valence-electron chi connectivity index (χ4n) is 1.37. The van der Waals surface area contributed by atoms with Gasteiger partial charge in [-0.05, 0) is 12.2 Å². The molecule has 1 fully saturated rings. The van der Waals surface area contributed by atoms with Gasteiger partial charge in [-0.15, -0.1) is 0 Å². The number of ether oxygens (including phenoxy) is 1. The monoisotopic (exact) mass is 257 g/mol. The molecule has 0 N–H and O–H groups in total. The zero-order valence-corrected chi connectivity index (χ0v) is 9.87. The first-order chi connectivity index (χ1) is 6.88. The highest BCUT2D eigenvalue weighted by atomic mass is 79.9. The van der Waals surface area contributed by atoms with Gasteiger partial charge in [-0.25, -0.2) is 0 Å². The van der Waals surface area contributed by atoms with Crippen LogP contribution in [0, 0.1) is 0 Å². The molecule has 0 atom stereocenters. The van der Waals surface area contributed by atoms with Crippen molar-refractivity contribution in [3.8, 4) is 0 Å². The zero-order chi connectivity index (χ0) is 10.2. The van der Waals surface area contributed by atoms with Gasteiger partial charge in [-0.3, -0.25) is 0 Å². The number of hydrogen-bond acceptors (Lipinski definition) is 2. The molecule has 1 aliphatic rings. The second-order valence-electron chi connectivity index (χ2n) is 2.98. The third-order valence-corrected chi connectivity index (χ3v) is 2.42. The Morgan fingerprint density at radius 1 is 1.43 bits per heavy atom. The highest BCUT2D eigenvalue weighted by molar-refractivity contribution is 9.09. The van der Waals surface area contributed by atoms with Crippen molar-refractivity contribution in [1.82, 2.24) is 4.90 Å². The van der Waals surface area contributed by atoms with E-state index in [0.717, 1.165) is 31.6 Å². The van der Waals surface area contributed by atoms with Crippen molar-refractivity contribution in [2.45, 2.75) is 0 Å². The Bertz CT molecular complexity index is 229. The lowest BCUT2D eigenvalue weighted by atomic mass is 10.3. The van der Waals surface area contributed by atoms with Crippen molar-refractivity contribution in [3.63, 3.8) is 0 Å². The SMILES string of the molecule is C=C/C=C(\C=C/CBr)N1CCOCC1. The quantitative estimate of drug-likeness (QED) is 0.567. The van der Waals surface area contributed by atoms with Gasteiger partial charge in [0.25, 0.3) is 0 Å². The molecule has 0 aromatic rings. The van der Waals surface area contributed by atoms with Gasteiger partial charge < -0.3 is 9.64 Å². The maximum atomic E-state index is 5.30. The van der Waals surface area contributed by atoms with Crippen molar-refractivity contribution >= 4 is 15.9 Å². The maximum absolute atomic E-state index is 5.30. The molecule has 1 aliphatic heterocycles. The maximum Gasteiger partial charge on any atom is 0.0642 e. The highest BCUT2D eigenvalue weighted by Crippen LogP contribution is 2.09. The van der Waals surface area contributed by atoms with Gasteiger partial charge in [-0.1, -0.05) is 34.7 Å². The first kappa shape index (κ1) is 11.5. The number of hydrogen-bond donors (Lipinski definition) is 0. The lowest BCUT2D eigenvalue weighted by Crippen LogP contribution is -2.35. The average molecular weight is 258 g/mol. The highest BCUT2D eigenvalue weighted by Gasteiger charge is 2.10. The van der Waals surface area contributed by atoms with E-state index >= 15 is 0 Å². The molecule has 0 aromatic carbocycles. The van der Waals surface area contributed by atoms with Gasteiger partial charge in [0, 0.05) is 24.1 Å². The Kier molecular flexibility index (Phi) is 5.64. The summed E-state index contributed by atoms with van der Waals surface area (Å²) in [5, 5.41) is 0.881. The third kappa shape index (κ3) is 3.68. The third-order valence-electron chi connectivity index (χ3n) is 2.04. The van der Waals surface area contributed by atoms with Crippen molar-refractivity contribution in [1.29, 1.82) is 0 Å². The molecule has 0 unspecified atom stereocenters. The second kappa shape index (κ2) is 6.85. The molecule has 0 aromatic heterocycles. The predicted molar refractivity (Wildman–Crippen MR) is 63.6 cm³/mol. The van der Waals surface area contributed by atoms with E-state index in [1.54, 1.807) is 0 Å². The van der Waals surface area contributed by atoms with Gasteiger partial charge in [0.05, 0.1) is 13.2 Å². The largest absolute Gasteiger partial charge is 0.378 e. The summed E-state index contributed by atoms with van der Waals surface area (Å²) in [5.41, 5.74) is 1.21. The normalized spacial score (nSPS) is 18.9. The van der Waals surface area contributed by atoms with Crippen LogP contribution in [0.15, 0.2) is 36.6 Å². The molecular weight excluding hydrogens is 242 g/mol. The number of allylic oxidation sites excluding steroid dienone is 4. The predicted octanol–water partition coefficient (Wildman–Crippen LogP) is 2.34. The van der Waals surface area contributed by atoms with Gasteiger partial charge in [0.2, 0.25) is 0 Å². The minimum atomic E-state index is 0.816. The van der Waals surface area contributed by atoms with Crippen molar-refractivity contribution in [3.05, 3.63) is 36.6 Å². The zero-order valence-electron chi connectivity index (χ0n) is 8.29. The minimum Gasteiger partial charge on any atom is -0.378 e. The van der Waals surface area contributed by atoms with E-state index in [-0.39, 0.29) is 0 Å². The Labute approximate surface area is 94.1 Å². The molecule has 0 saturated carbocycles. The summed E-state index contributed by atoms with van der Waals surface area (Å²) < 4.78 is 5.30. The van der Waals surface area contributed by atoms with Crippen LogP contribution in [0.1, 0.15) is 0 Å². The van der Waals surface area contributed by atoms with Gasteiger partial charge in [0.1, 0.15) is 0 Å². The lowest BCUT2D eigenvalue weighted by Gasteiger charge is -2.29. The fourth-order valence-corrected chi connectivity index (χ4v) is 1.56. The molecule has 78 valence electrons. The lowest BCUT2D eigenvalue weighted by molar-refractivity contribution is 0.0554. The van der Waals surface area contributed by atoms with Crippen molar-refractivity contribution in [2.24, 2.45) is 0 Å². The van der Waals surface area contributed by atoms with Crippen LogP contribution in [0.4, 0.5) is 0 Å². The fraction of sp³-hybridized carbons (Fsp3) is 0.455. The summed E-state index contributed by atoms with van der Waals surface area (Å²) in [5.74, 6) is 0. The van der Waals surface area contributed by atoms with E-state index in [9.17, 15) is 0 Å². The molecule has 0 spiro atoms. The van der Waals surface area contributed by atoms with Crippen LogP contribution < -0.4 is 0 Å². The van der Waals surface area contributed by atoms with E-state index in [0.29, 0.717) is 0 Å². The first-order valence-electron chi connectivity index (χ1n) is 4.76. The molecule has 0 bridgehead atoms. The molecule has 1 rings (SSSR count). The molecule has 0 amide bonds. The molecule has 3 heteroatoms. The number of nitrogens with zero attached hydrogens (tertiary/aromatic N) is 1. The van der Waals surface area contributed by atoms with Gasteiger partial charge in [0.15, 0.2) is 0 Å². The molecule has 14 heavy (non-hydrogen) atoms. The minimum absolute atomic E-state index is 0.816. The molecule has 1 saturated heterocycles. The van der Waals surface area contributed by atoms with E-state index in [1.165, 1.54) is 5.70 Å². The number of rotatable bonds is 4. The Balaban J connectivity index is 2.60. The number of alkyl halides is 1. The molecule has 1 heterocycles. The Morgan fingerprint density at radius 3 is 2.71 bits per heavy atom. The molecule has 0 radical (unpaired) electrons. The van der Waals surface area contributed by atoms with Crippen LogP contribution in [0.3, 0.4) is 0 Å². The number of halogens is 1. The van der Waals surface area contributed by atoms with Crippen LogP contribution >= 0.6 is 15.9 Å². The van der Waals surface area contributed by atoms with E-state index in [4.69, 9.17) is 4.74 Å². The molecule has 0 aliphatic carbocycles. The van der Waals surface area contributed by atoms with Crippen molar-refractivity contribution < 1.29 is 4.74 Å². The summed E-state index contributed by atoms with van der Waals surface area (Å²) in [4.78, 5) is 2.31. The smallest absolute Gasteiger partial charge is 0.0642 e.